The predicted molar refractivity (Wildman–Crippen MR) is 94.6 cm³/mol. The minimum Gasteiger partial charge on any atom is -0.404 e. The van der Waals surface area contributed by atoms with Gasteiger partial charge in [0.05, 0.1) is 11.4 Å². The van der Waals surface area contributed by atoms with E-state index < -0.39 is 18.0 Å². The van der Waals surface area contributed by atoms with Crippen LogP contribution in [0.1, 0.15) is 20.9 Å². The lowest BCUT2D eigenvalue weighted by atomic mass is 10.1. The maximum atomic E-state index is 12.6. The van der Waals surface area contributed by atoms with Gasteiger partial charge in [-0.15, -0.1) is 24.5 Å². The van der Waals surface area contributed by atoms with Gasteiger partial charge in [0, 0.05) is 11.1 Å². The van der Waals surface area contributed by atoms with Gasteiger partial charge in [-0.3, -0.25) is 4.79 Å². The van der Waals surface area contributed by atoms with E-state index >= 15 is 0 Å². The number of carbonyl (C=O) groups is 1. The van der Waals surface area contributed by atoms with Gasteiger partial charge in [-0.05, 0) is 37.6 Å². The number of amides is 1. The summed E-state index contributed by atoms with van der Waals surface area (Å²) in [6.07, 6.45) is -4.87. The van der Waals surface area contributed by atoms with Gasteiger partial charge in [0.1, 0.15) is 9.71 Å². The number of alkyl halides is 3. The fraction of sp³-hybridized carbons (Fsp3) is 0.176. The number of hydrogen-bond acceptors (Lipinski definition) is 5. The van der Waals surface area contributed by atoms with Gasteiger partial charge in [0.25, 0.3) is 5.91 Å². The second kappa shape index (κ2) is 6.49. The predicted octanol–water partition coefficient (Wildman–Crippen LogP) is 4.65. The monoisotopic (exact) mass is 381 g/mol. The molecule has 0 bridgehead atoms. The van der Waals surface area contributed by atoms with Crippen LogP contribution in [0, 0.1) is 13.8 Å². The van der Waals surface area contributed by atoms with Crippen LogP contribution in [0.4, 0.5) is 24.5 Å². The molecule has 0 saturated heterocycles. The number of nitrogens with zero attached hydrogens (tertiary/aromatic N) is 1. The number of aryl methyl sites for hydroxylation is 2. The minimum absolute atomic E-state index is 0.104. The van der Waals surface area contributed by atoms with Crippen molar-refractivity contribution in [1.82, 2.24) is 4.98 Å². The molecular formula is C17H14F3N3O2S. The zero-order valence-electron chi connectivity index (χ0n) is 13.8. The number of rotatable bonds is 3. The normalized spacial score (nSPS) is 11.6. The van der Waals surface area contributed by atoms with Crippen LogP contribution in [0.3, 0.4) is 0 Å². The molecule has 0 saturated carbocycles. The average Bonchev–Trinajstić information content (AvgIpc) is 2.84. The lowest BCUT2D eigenvalue weighted by molar-refractivity contribution is -0.274. The number of nitrogens with one attached hydrogen (secondary N) is 1. The molecule has 0 atom stereocenters. The third-order valence-electron chi connectivity index (χ3n) is 3.59. The first-order valence-corrected chi connectivity index (χ1v) is 8.29. The van der Waals surface area contributed by atoms with E-state index in [-0.39, 0.29) is 16.3 Å². The van der Waals surface area contributed by atoms with Crippen molar-refractivity contribution in [2.24, 2.45) is 0 Å². The molecular weight excluding hydrogens is 367 g/mol. The standard InChI is InChI=1S/C17H14F3N3O2S/c1-8-7-9(2)22-16-12(8)13(21)14(26-16)15(24)23-10-5-3-4-6-11(10)25-17(18,19)20/h3-7H,21H2,1-2H3,(H,23,24). The van der Waals surface area contributed by atoms with Gasteiger partial charge in [-0.2, -0.15) is 0 Å². The van der Waals surface area contributed by atoms with Crippen LogP contribution < -0.4 is 15.8 Å². The number of fused-ring (bicyclic) bond motifs is 1. The maximum absolute atomic E-state index is 12.6. The topological polar surface area (TPSA) is 77.2 Å². The van der Waals surface area contributed by atoms with Crippen molar-refractivity contribution in [3.63, 3.8) is 0 Å². The summed E-state index contributed by atoms with van der Waals surface area (Å²) < 4.78 is 41.5. The molecule has 9 heteroatoms. The minimum atomic E-state index is -4.87. The number of ether oxygens (including phenoxy) is 1. The highest BCUT2D eigenvalue weighted by atomic mass is 32.1. The lowest BCUT2D eigenvalue weighted by Crippen LogP contribution is -2.19. The Kier molecular flexibility index (Phi) is 4.49. The number of para-hydroxylation sites is 2. The summed E-state index contributed by atoms with van der Waals surface area (Å²) >= 11 is 1.09. The molecule has 0 radical (unpaired) electrons. The first-order valence-electron chi connectivity index (χ1n) is 7.48. The number of nitrogens with two attached hydrogens (primary N) is 1. The maximum Gasteiger partial charge on any atom is 0.573 e. The molecule has 26 heavy (non-hydrogen) atoms. The van der Waals surface area contributed by atoms with E-state index in [2.05, 4.69) is 15.0 Å². The Hall–Kier alpha value is -2.81. The van der Waals surface area contributed by atoms with Crippen molar-refractivity contribution in [2.45, 2.75) is 20.2 Å². The third-order valence-corrected chi connectivity index (χ3v) is 4.69. The van der Waals surface area contributed by atoms with Crippen LogP contribution in [0.15, 0.2) is 30.3 Å². The van der Waals surface area contributed by atoms with Gasteiger partial charge < -0.3 is 15.8 Å². The quantitative estimate of drug-likeness (QED) is 0.693. The molecule has 2 aromatic heterocycles. The SMILES string of the molecule is Cc1cc(C)c2c(N)c(C(=O)Nc3ccccc3OC(F)(F)F)sc2n1. The summed E-state index contributed by atoms with van der Waals surface area (Å²) in [6, 6.07) is 7.14. The zero-order chi connectivity index (χ0) is 19.1. The molecule has 1 aromatic carbocycles. The van der Waals surface area contributed by atoms with Gasteiger partial charge in [0.2, 0.25) is 0 Å². The van der Waals surface area contributed by atoms with E-state index in [1.807, 2.05) is 19.9 Å². The van der Waals surface area contributed by atoms with Crippen LogP contribution >= 0.6 is 11.3 Å². The van der Waals surface area contributed by atoms with Crippen LogP contribution in [-0.2, 0) is 0 Å². The third kappa shape index (κ3) is 3.57. The van der Waals surface area contributed by atoms with Crippen molar-refractivity contribution in [3.05, 3.63) is 46.5 Å². The van der Waals surface area contributed by atoms with E-state index in [0.29, 0.717) is 10.2 Å². The van der Waals surface area contributed by atoms with Crippen LogP contribution in [0.2, 0.25) is 0 Å². The molecule has 3 N–H and O–H groups in total. The number of halogens is 3. The second-order valence-corrected chi connectivity index (χ2v) is 6.60. The molecule has 0 aliphatic rings. The number of carbonyl (C=O) groups excluding carboxylic acids is 1. The van der Waals surface area contributed by atoms with Crippen molar-refractivity contribution >= 4 is 38.8 Å². The van der Waals surface area contributed by atoms with Gasteiger partial charge >= 0.3 is 6.36 Å². The van der Waals surface area contributed by atoms with Crippen LogP contribution in [0.5, 0.6) is 5.75 Å². The smallest absolute Gasteiger partial charge is 0.404 e. The molecule has 136 valence electrons. The molecule has 0 spiro atoms. The van der Waals surface area contributed by atoms with Crippen molar-refractivity contribution < 1.29 is 22.7 Å². The fourth-order valence-corrected chi connectivity index (χ4v) is 3.71. The number of nitrogen functional groups attached to an aromatic ring is 1. The number of hydrogen-bond donors (Lipinski definition) is 2. The average molecular weight is 381 g/mol. The Morgan fingerprint density at radius 1 is 1.27 bits per heavy atom. The zero-order valence-corrected chi connectivity index (χ0v) is 14.6. The summed E-state index contributed by atoms with van der Waals surface area (Å²) in [7, 11) is 0. The Labute approximate surface area is 150 Å². The summed E-state index contributed by atoms with van der Waals surface area (Å²) in [6.45, 7) is 3.68. The molecule has 0 unspecified atom stereocenters. The van der Waals surface area contributed by atoms with Gasteiger partial charge in [-0.1, -0.05) is 12.1 Å². The van der Waals surface area contributed by atoms with Gasteiger partial charge in [-0.25, -0.2) is 4.98 Å². The lowest BCUT2D eigenvalue weighted by Gasteiger charge is -2.13. The number of benzene rings is 1. The van der Waals surface area contributed by atoms with Gasteiger partial charge in [0.15, 0.2) is 5.75 Å². The molecule has 0 fully saturated rings. The highest BCUT2D eigenvalue weighted by molar-refractivity contribution is 7.21. The molecule has 0 aliphatic carbocycles. The Balaban J connectivity index is 1.96. The molecule has 3 aromatic rings. The van der Waals surface area contributed by atoms with E-state index in [1.54, 1.807) is 0 Å². The van der Waals surface area contributed by atoms with E-state index in [9.17, 15) is 18.0 Å². The Morgan fingerprint density at radius 2 is 1.96 bits per heavy atom. The molecule has 5 nitrogen and oxygen atoms in total. The number of thiophene rings is 1. The van der Waals surface area contributed by atoms with Crippen LogP contribution in [-0.4, -0.2) is 17.3 Å². The summed E-state index contributed by atoms with van der Waals surface area (Å²) in [4.78, 5) is 17.7. The number of aromatic nitrogens is 1. The first-order chi connectivity index (χ1) is 12.2. The summed E-state index contributed by atoms with van der Waals surface area (Å²) in [5.74, 6) is -1.13. The van der Waals surface area contributed by atoms with Crippen molar-refractivity contribution in [3.8, 4) is 5.75 Å². The number of anilines is 2. The molecule has 1 amide bonds. The Morgan fingerprint density at radius 3 is 2.65 bits per heavy atom. The van der Waals surface area contributed by atoms with E-state index in [0.717, 1.165) is 28.7 Å². The van der Waals surface area contributed by atoms with E-state index in [1.165, 1.54) is 18.2 Å². The van der Waals surface area contributed by atoms with Crippen LogP contribution in [0.25, 0.3) is 10.2 Å². The summed E-state index contributed by atoms with van der Waals surface area (Å²) in [5, 5.41) is 3.10. The highest BCUT2D eigenvalue weighted by Gasteiger charge is 2.32. The second-order valence-electron chi connectivity index (χ2n) is 5.60. The van der Waals surface area contributed by atoms with Crippen molar-refractivity contribution in [1.29, 1.82) is 0 Å². The first kappa shape index (κ1) is 18.0. The number of pyridine rings is 1. The fourth-order valence-electron chi connectivity index (χ4n) is 2.60. The molecule has 0 aliphatic heterocycles. The molecule has 3 rings (SSSR count). The Bertz CT molecular complexity index is 999. The van der Waals surface area contributed by atoms with E-state index in [4.69, 9.17) is 5.73 Å². The summed E-state index contributed by atoms with van der Waals surface area (Å²) in [5.41, 5.74) is 7.89. The highest BCUT2D eigenvalue weighted by Crippen LogP contribution is 2.36. The largest absolute Gasteiger partial charge is 0.573 e. The molecule has 2 heterocycles. The van der Waals surface area contributed by atoms with Crippen molar-refractivity contribution in [2.75, 3.05) is 11.1 Å².